The fourth-order valence-electron chi connectivity index (χ4n) is 2.80. The van der Waals surface area contributed by atoms with Crippen LogP contribution < -0.4 is 16.0 Å². The number of hydrogen-bond donors (Lipinski definition) is 2. The normalized spacial score (nSPS) is 16.3. The van der Waals surface area contributed by atoms with E-state index in [1.807, 2.05) is 0 Å². The molecule has 0 aromatic carbocycles. The minimum absolute atomic E-state index is 0.0623. The van der Waals surface area contributed by atoms with E-state index in [0.717, 1.165) is 0 Å². The summed E-state index contributed by atoms with van der Waals surface area (Å²) in [5, 5.41) is 0. The second-order valence-corrected chi connectivity index (χ2v) is 5.37. The standard InChI is InChI=1S/C17H17N3O4/c1-3-23-17(22)14-12(10-4-6-19-7-5-10)13-11(24-15(14)18)8-9(2)20-16(13)21/h4-8,12H,3,18H2,1-2H3,(H,20,21)/t12-/m0/s1. The van der Waals surface area contributed by atoms with Gasteiger partial charge in [-0.1, -0.05) is 0 Å². The smallest absolute Gasteiger partial charge is 0.340 e. The van der Waals surface area contributed by atoms with Gasteiger partial charge in [-0.3, -0.25) is 9.78 Å². The summed E-state index contributed by atoms with van der Waals surface area (Å²) in [7, 11) is 0. The van der Waals surface area contributed by atoms with Gasteiger partial charge in [0.05, 0.1) is 18.1 Å². The minimum atomic E-state index is -0.680. The van der Waals surface area contributed by atoms with Crippen molar-refractivity contribution in [3.8, 4) is 5.75 Å². The number of pyridine rings is 2. The lowest BCUT2D eigenvalue weighted by Crippen LogP contribution is -2.32. The predicted octanol–water partition coefficient (Wildman–Crippen LogP) is 1.34. The fourth-order valence-corrected chi connectivity index (χ4v) is 2.80. The predicted molar refractivity (Wildman–Crippen MR) is 86.4 cm³/mol. The SMILES string of the molecule is CCOC(=O)C1=C(N)Oc2cc(C)[nH]c(=O)c2[C@@H]1c1ccncc1. The molecule has 0 fully saturated rings. The van der Waals surface area contributed by atoms with Crippen LogP contribution in [0.15, 0.2) is 46.8 Å². The maximum absolute atomic E-state index is 12.5. The molecule has 0 radical (unpaired) electrons. The van der Waals surface area contributed by atoms with Crippen LogP contribution in [0.3, 0.4) is 0 Å². The zero-order valence-corrected chi connectivity index (χ0v) is 13.3. The van der Waals surface area contributed by atoms with E-state index in [0.29, 0.717) is 22.6 Å². The average Bonchev–Trinajstić information content (AvgIpc) is 2.54. The number of nitrogens with two attached hydrogens (primary N) is 1. The van der Waals surface area contributed by atoms with E-state index in [1.165, 1.54) is 0 Å². The molecule has 0 saturated heterocycles. The molecule has 24 heavy (non-hydrogen) atoms. The summed E-state index contributed by atoms with van der Waals surface area (Å²) in [4.78, 5) is 31.7. The van der Waals surface area contributed by atoms with Gasteiger partial charge in [-0.25, -0.2) is 4.79 Å². The first-order valence-corrected chi connectivity index (χ1v) is 7.51. The van der Waals surface area contributed by atoms with E-state index in [1.54, 1.807) is 44.4 Å². The Balaban J connectivity index is 2.26. The van der Waals surface area contributed by atoms with Crippen LogP contribution in [0.4, 0.5) is 0 Å². The molecule has 7 nitrogen and oxygen atoms in total. The number of fused-ring (bicyclic) bond motifs is 1. The van der Waals surface area contributed by atoms with Gasteiger partial charge in [-0.05, 0) is 31.5 Å². The number of aryl methyl sites for hydroxylation is 1. The maximum Gasteiger partial charge on any atom is 0.340 e. The molecule has 0 saturated carbocycles. The van der Waals surface area contributed by atoms with Gasteiger partial charge in [0.15, 0.2) is 0 Å². The Kier molecular flexibility index (Phi) is 4.07. The van der Waals surface area contributed by atoms with E-state index < -0.39 is 11.9 Å². The van der Waals surface area contributed by atoms with E-state index >= 15 is 0 Å². The summed E-state index contributed by atoms with van der Waals surface area (Å²) in [5.41, 5.74) is 7.43. The monoisotopic (exact) mass is 327 g/mol. The lowest BCUT2D eigenvalue weighted by Gasteiger charge is -2.27. The number of hydrogen-bond acceptors (Lipinski definition) is 6. The molecule has 0 bridgehead atoms. The molecule has 2 aromatic heterocycles. The van der Waals surface area contributed by atoms with Gasteiger partial charge in [-0.15, -0.1) is 0 Å². The number of aromatic nitrogens is 2. The lowest BCUT2D eigenvalue weighted by atomic mass is 9.84. The van der Waals surface area contributed by atoms with Crippen molar-refractivity contribution in [2.24, 2.45) is 5.73 Å². The molecule has 0 unspecified atom stereocenters. The molecule has 3 heterocycles. The average molecular weight is 327 g/mol. The first-order valence-electron chi connectivity index (χ1n) is 7.51. The minimum Gasteiger partial charge on any atom is -0.462 e. The topological polar surface area (TPSA) is 107 Å². The Bertz CT molecular complexity index is 871. The molecule has 1 atom stereocenters. The number of aromatic amines is 1. The quantitative estimate of drug-likeness (QED) is 0.824. The van der Waals surface area contributed by atoms with E-state index in [-0.39, 0.29) is 23.6 Å². The molecule has 0 amide bonds. The number of ether oxygens (including phenoxy) is 2. The van der Waals surface area contributed by atoms with E-state index in [4.69, 9.17) is 15.2 Å². The number of carbonyl (C=O) groups excluding carboxylic acids is 1. The van der Waals surface area contributed by atoms with Crippen molar-refractivity contribution in [3.05, 3.63) is 69.2 Å². The number of esters is 1. The summed E-state index contributed by atoms with van der Waals surface area (Å²) in [5.74, 6) is -1.01. The second kappa shape index (κ2) is 6.19. The number of nitrogens with one attached hydrogen (secondary N) is 1. The summed E-state index contributed by atoms with van der Waals surface area (Å²) >= 11 is 0. The van der Waals surface area contributed by atoms with Gasteiger partial charge >= 0.3 is 5.97 Å². The van der Waals surface area contributed by atoms with Crippen LogP contribution >= 0.6 is 0 Å². The number of rotatable bonds is 3. The van der Waals surface area contributed by atoms with Crippen molar-refractivity contribution in [3.63, 3.8) is 0 Å². The Morgan fingerprint density at radius 2 is 2.12 bits per heavy atom. The Morgan fingerprint density at radius 3 is 2.79 bits per heavy atom. The summed E-state index contributed by atoms with van der Waals surface area (Å²) < 4.78 is 10.6. The number of carbonyl (C=O) groups is 1. The fraction of sp³-hybridized carbons (Fsp3) is 0.235. The zero-order chi connectivity index (χ0) is 17.3. The molecule has 1 aliphatic rings. The Labute approximate surface area is 138 Å². The summed E-state index contributed by atoms with van der Waals surface area (Å²) in [6.45, 7) is 3.63. The maximum atomic E-state index is 12.5. The van der Waals surface area contributed by atoms with Crippen LogP contribution in [0, 0.1) is 6.92 Å². The van der Waals surface area contributed by atoms with E-state index in [9.17, 15) is 9.59 Å². The van der Waals surface area contributed by atoms with Gasteiger partial charge < -0.3 is 20.2 Å². The molecular formula is C17H17N3O4. The van der Waals surface area contributed by atoms with Crippen molar-refractivity contribution in [2.75, 3.05) is 6.61 Å². The van der Waals surface area contributed by atoms with E-state index in [2.05, 4.69) is 9.97 Å². The van der Waals surface area contributed by atoms with Crippen LogP contribution in [0.2, 0.25) is 0 Å². The highest BCUT2D eigenvalue weighted by molar-refractivity contribution is 5.92. The molecule has 1 aliphatic heterocycles. The molecule has 0 aliphatic carbocycles. The molecule has 7 heteroatoms. The highest BCUT2D eigenvalue weighted by Crippen LogP contribution is 2.40. The zero-order valence-electron chi connectivity index (χ0n) is 13.3. The second-order valence-electron chi connectivity index (χ2n) is 5.37. The van der Waals surface area contributed by atoms with Crippen LogP contribution in [0.5, 0.6) is 5.75 Å². The van der Waals surface area contributed by atoms with Crippen molar-refractivity contribution >= 4 is 5.97 Å². The molecule has 3 rings (SSSR count). The molecule has 0 spiro atoms. The van der Waals surface area contributed by atoms with Crippen LogP contribution in [-0.2, 0) is 9.53 Å². The van der Waals surface area contributed by atoms with Crippen molar-refractivity contribution in [1.29, 1.82) is 0 Å². The van der Waals surface area contributed by atoms with Gasteiger partial charge in [0.25, 0.3) is 5.56 Å². The van der Waals surface area contributed by atoms with Crippen molar-refractivity contribution in [1.82, 2.24) is 9.97 Å². The Morgan fingerprint density at radius 1 is 1.42 bits per heavy atom. The third-order valence-electron chi connectivity index (χ3n) is 3.77. The summed E-state index contributed by atoms with van der Waals surface area (Å²) in [6.07, 6.45) is 3.18. The summed E-state index contributed by atoms with van der Waals surface area (Å²) in [6, 6.07) is 5.14. The first kappa shape index (κ1) is 15.8. The number of H-pyrrole nitrogens is 1. The van der Waals surface area contributed by atoms with Gasteiger partial charge in [-0.2, -0.15) is 0 Å². The first-order chi connectivity index (χ1) is 11.5. The van der Waals surface area contributed by atoms with Crippen molar-refractivity contribution < 1.29 is 14.3 Å². The van der Waals surface area contributed by atoms with Gasteiger partial charge in [0, 0.05) is 24.2 Å². The van der Waals surface area contributed by atoms with Gasteiger partial charge in [0.2, 0.25) is 5.88 Å². The third-order valence-corrected chi connectivity index (χ3v) is 3.77. The molecule has 124 valence electrons. The van der Waals surface area contributed by atoms with Crippen molar-refractivity contribution in [2.45, 2.75) is 19.8 Å². The third kappa shape index (κ3) is 2.64. The molecule has 3 N–H and O–H groups in total. The van der Waals surface area contributed by atoms with Gasteiger partial charge in [0.1, 0.15) is 11.3 Å². The van der Waals surface area contributed by atoms with Crippen LogP contribution in [0.1, 0.15) is 29.7 Å². The highest BCUT2D eigenvalue weighted by Gasteiger charge is 2.37. The van der Waals surface area contributed by atoms with Crippen LogP contribution in [0.25, 0.3) is 0 Å². The highest BCUT2D eigenvalue weighted by atomic mass is 16.5. The molecule has 2 aromatic rings. The lowest BCUT2D eigenvalue weighted by molar-refractivity contribution is -0.139. The van der Waals surface area contributed by atoms with Crippen LogP contribution in [-0.4, -0.2) is 22.5 Å². The molecular weight excluding hydrogens is 310 g/mol. The largest absolute Gasteiger partial charge is 0.462 e. The number of nitrogens with zero attached hydrogens (tertiary/aromatic N) is 1. The Hall–Kier alpha value is -3.09.